The number of hydrogen-bond acceptors (Lipinski definition) is 4. The SMILES string of the molecule is CC(=O)N1CC(C)Sc2ccc(S(=O)(=O)NCc3cccc(Br)c3)cc21. The van der Waals surface area contributed by atoms with Crippen molar-refractivity contribution in [1.82, 2.24) is 4.72 Å². The maximum absolute atomic E-state index is 12.7. The van der Waals surface area contributed by atoms with Crippen molar-refractivity contribution >= 4 is 49.3 Å². The Morgan fingerprint density at radius 1 is 1.31 bits per heavy atom. The number of hydrogen-bond donors (Lipinski definition) is 1. The highest BCUT2D eigenvalue weighted by Crippen LogP contribution is 2.39. The molecule has 0 aliphatic carbocycles. The van der Waals surface area contributed by atoms with Crippen molar-refractivity contribution in [3.8, 4) is 0 Å². The highest BCUT2D eigenvalue weighted by Gasteiger charge is 2.27. The van der Waals surface area contributed by atoms with E-state index in [1.54, 1.807) is 34.9 Å². The molecule has 138 valence electrons. The molecule has 0 bridgehead atoms. The van der Waals surface area contributed by atoms with E-state index >= 15 is 0 Å². The third kappa shape index (κ3) is 4.31. The number of amides is 1. The van der Waals surface area contributed by atoms with Crippen LogP contribution in [0.2, 0.25) is 0 Å². The molecule has 2 aromatic rings. The van der Waals surface area contributed by atoms with E-state index < -0.39 is 10.0 Å². The molecular weight excluding hydrogens is 436 g/mol. The first-order chi connectivity index (χ1) is 12.3. The van der Waals surface area contributed by atoms with Crippen molar-refractivity contribution in [2.45, 2.75) is 35.4 Å². The van der Waals surface area contributed by atoms with E-state index in [9.17, 15) is 13.2 Å². The second-order valence-corrected chi connectivity index (χ2v) is 10.3. The van der Waals surface area contributed by atoms with Crippen LogP contribution >= 0.6 is 27.7 Å². The van der Waals surface area contributed by atoms with Gasteiger partial charge in [-0.15, -0.1) is 11.8 Å². The molecule has 1 N–H and O–H groups in total. The zero-order valence-electron chi connectivity index (χ0n) is 14.4. The van der Waals surface area contributed by atoms with Crippen molar-refractivity contribution in [2.75, 3.05) is 11.4 Å². The van der Waals surface area contributed by atoms with E-state index in [1.165, 1.54) is 6.92 Å². The quantitative estimate of drug-likeness (QED) is 0.762. The fourth-order valence-electron chi connectivity index (χ4n) is 2.79. The number of halogens is 1. The second-order valence-electron chi connectivity index (χ2n) is 6.14. The van der Waals surface area contributed by atoms with Gasteiger partial charge < -0.3 is 4.90 Å². The summed E-state index contributed by atoms with van der Waals surface area (Å²) in [7, 11) is -3.68. The van der Waals surface area contributed by atoms with E-state index in [-0.39, 0.29) is 22.6 Å². The first-order valence-corrected chi connectivity index (χ1v) is 11.2. The second kappa shape index (κ2) is 7.72. The molecule has 26 heavy (non-hydrogen) atoms. The summed E-state index contributed by atoms with van der Waals surface area (Å²) in [6.07, 6.45) is 0. The zero-order valence-corrected chi connectivity index (χ0v) is 17.6. The molecule has 3 rings (SSSR count). The molecule has 1 aliphatic heterocycles. The predicted molar refractivity (Wildman–Crippen MR) is 108 cm³/mol. The maximum Gasteiger partial charge on any atom is 0.240 e. The Morgan fingerprint density at radius 3 is 2.77 bits per heavy atom. The van der Waals surface area contributed by atoms with Gasteiger partial charge in [0.1, 0.15) is 0 Å². The minimum absolute atomic E-state index is 0.0879. The molecule has 0 spiro atoms. The van der Waals surface area contributed by atoms with Gasteiger partial charge in [-0.2, -0.15) is 0 Å². The fraction of sp³-hybridized carbons (Fsp3) is 0.278. The van der Waals surface area contributed by atoms with E-state index in [0.29, 0.717) is 12.2 Å². The summed E-state index contributed by atoms with van der Waals surface area (Å²) in [6.45, 7) is 4.32. The van der Waals surface area contributed by atoms with Crippen molar-refractivity contribution < 1.29 is 13.2 Å². The molecule has 1 atom stereocenters. The first-order valence-electron chi connectivity index (χ1n) is 8.09. The minimum atomic E-state index is -3.68. The van der Waals surface area contributed by atoms with Gasteiger partial charge in [0.15, 0.2) is 0 Å². The lowest BCUT2D eigenvalue weighted by Gasteiger charge is -2.32. The number of sulfonamides is 1. The van der Waals surface area contributed by atoms with Gasteiger partial charge in [0, 0.05) is 34.6 Å². The Morgan fingerprint density at radius 2 is 2.08 bits per heavy atom. The van der Waals surface area contributed by atoms with Crippen molar-refractivity contribution in [1.29, 1.82) is 0 Å². The van der Waals surface area contributed by atoms with Gasteiger partial charge in [-0.05, 0) is 35.9 Å². The Bertz CT molecular complexity index is 947. The van der Waals surface area contributed by atoms with Gasteiger partial charge >= 0.3 is 0 Å². The summed E-state index contributed by atoms with van der Waals surface area (Å²) in [5.41, 5.74) is 1.52. The lowest BCUT2D eigenvalue weighted by atomic mass is 10.2. The van der Waals surface area contributed by atoms with Crippen LogP contribution in [0.25, 0.3) is 0 Å². The zero-order chi connectivity index (χ0) is 18.9. The highest BCUT2D eigenvalue weighted by molar-refractivity contribution is 9.10. The molecule has 0 saturated carbocycles. The van der Waals surface area contributed by atoms with Crippen LogP contribution in [0.3, 0.4) is 0 Å². The molecule has 8 heteroatoms. The summed E-state index contributed by atoms with van der Waals surface area (Å²) in [5.74, 6) is -0.0879. The number of thioether (sulfide) groups is 1. The number of nitrogens with zero attached hydrogens (tertiary/aromatic N) is 1. The van der Waals surface area contributed by atoms with Crippen LogP contribution in [-0.2, 0) is 21.4 Å². The minimum Gasteiger partial charge on any atom is -0.310 e. The predicted octanol–water partition coefficient (Wildman–Crippen LogP) is 3.77. The molecule has 0 radical (unpaired) electrons. The Balaban J connectivity index is 1.86. The van der Waals surface area contributed by atoms with E-state index in [4.69, 9.17) is 0 Å². The average molecular weight is 455 g/mol. The van der Waals surface area contributed by atoms with Gasteiger partial charge in [-0.25, -0.2) is 13.1 Å². The maximum atomic E-state index is 12.7. The average Bonchev–Trinajstić information content (AvgIpc) is 2.59. The van der Waals surface area contributed by atoms with E-state index in [2.05, 4.69) is 20.7 Å². The van der Waals surface area contributed by atoms with Crippen LogP contribution in [0, 0.1) is 0 Å². The molecule has 1 heterocycles. The number of carbonyl (C=O) groups excluding carboxylic acids is 1. The number of anilines is 1. The standard InChI is InChI=1S/C18H19BrN2O3S2/c1-12-11-21(13(2)22)17-9-16(6-7-18(17)25-12)26(23,24)20-10-14-4-3-5-15(19)8-14/h3-9,12,20H,10-11H2,1-2H3. The summed E-state index contributed by atoms with van der Waals surface area (Å²) in [4.78, 5) is 14.7. The van der Waals surface area contributed by atoms with Crippen molar-refractivity contribution in [2.24, 2.45) is 0 Å². The normalized spacial score (nSPS) is 17.0. The molecule has 0 saturated heterocycles. The first kappa shape index (κ1) is 19.4. The number of rotatable bonds is 4. The van der Waals surface area contributed by atoms with Gasteiger partial charge in [-0.3, -0.25) is 4.79 Å². The Hall–Kier alpha value is -1.35. The molecule has 1 aliphatic rings. The van der Waals surface area contributed by atoms with Crippen LogP contribution in [-0.4, -0.2) is 26.1 Å². The van der Waals surface area contributed by atoms with Gasteiger partial charge in [-0.1, -0.05) is 35.0 Å². The van der Waals surface area contributed by atoms with E-state index in [0.717, 1.165) is 14.9 Å². The van der Waals surface area contributed by atoms with Crippen LogP contribution < -0.4 is 9.62 Å². The molecule has 1 amide bonds. The van der Waals surface area contributed by atoms with Crippen molar-refractivity contribution in [3.05, 3.63) is 52.5 Å². The lowest BCUT2D eigenvalue weighted by Crippen LogP contribution is -2.37. The fourth-order valence-corrected chi connectivity index (χ4v) is 5.37. The summed E-state index contributed by atoms with van der Waals surface area (Å²) in [6, 6.07) is 12.4. The summed E-state index contributed by atoms with van der Waals surface area (Å²) < 4.78 is 28.9. The smallest absolute Gasteiger partial charge is 0.240 e. The van der Waals surface area contributed by atoms with Crippen molar-refractivity contribution in [3.63, 3.8) is 0 Å². The Labute approximate surface area is 166 Å². The molecule has 1 unspecified atom stereocenters. The van der Waals surface area contributed by atoms with Crippen LogP contribution in [0.4, 0.5) is 5.69 Å². The van der Waals surface area contributed by atoms with Crippen LogP contribution in [0.5, 0.6) is 0 Å². The van der Waals surface area contributed by atoms with Crippen LogP contribution in [0.1, 0.15) is 19.4 Å². The number of fused-ring (bicyclic) bond motifs is 1. The van der Waals surface area contributed by atoms with Crippen LogP contribution in [0.15, 0.2) is 56.7 Å². The summed E-state index contributed by atoms with van der Waals surface area (Å²) in [5, 5.41) is 0.267. The molecule has 5 nitrogen and oxygen atoms in total. The third-order valence-corrected chi connectivity index (χ3v) is 7.08. The summed E-state index contributed by atoms with van der Waals surface area (Å²) >= 11 is 5.03. The Kier molecular flexibility index (Phi) is 5.76. The van der Waals surface area contributed by atoms with Gasteiger partial charge in [0.05, 0.1) is 10.6 Å². The molecular formula is C18H19BrN2O3S2. The third-order valence-electron chi connectivity index (χ3n) is 4.03. The molecule has 0 fully saturated rings. The molecule has 2 aromatic carbocycles. The lowest BCUT2D eigenvalue weighted by molar-refractivity contribution is -0.116. The van der Waals surface area contributed by atoms with Gasteiger partial charge in [0.25, 0.3) is 0 Å². The highest BCUT2D eigenvalue weighted by atomic mass is 79.9. The monoisotopic (exact) mass is 454 g/mol. The number of nitrogens with one attached hydrogen (secondary N) is 1. The number of carbonyl (C=O) groups is 1. The van der Waals surface area contributed by atoms with Gasteiger partial charge in [0.2, 0.25) is 15.9 Å². The van der Waals surface area contributed by atoms with E-state index in [1.807, 2.05) is 31.2 Å². The topological polar surface area (TPSA) is 66.5 Å². The number of benzene rings is 2. The largest absolute Gasteiger partial charge is 0.310 e. The molecule has 0 aromatic heterocycles.